The molecule has 0 N–H and O–H groups in total. The highest BCUT2D eigenvalue weighted by atomic mass is 16.1. The van der Waals surface area contributed by atoms with Crippen molar-refractivity contribution in [3.05, 3.63) is 12.2 Å². The molecule has 0 radical (unpaired) electrons. The van der Waals surface area contributed by atoms with Gasteiger partial charge in [0.15, 0.2) is 0 Å². The Balaban J connectivity index is 3.07. The Morgan fingerprint density at radius 2 is 1.53 bits per heavy atom. The fourth-order valence-electron chi connectivity index (χ4n) is 1.56. The van der Waals surface area contributed by atoms with Gasteiger partial charge in [0.25, 0.3) is 0 Å². The van der Waals surface area contributed by atoms with Gasteiger partial charge in [-0.05, 0) is 39.0 Å². The van der Waals surface area contributed by atoms with Crippen LogP contribution in [-0.4, -0.2) is 5.78 Å². The molecule has 0 rings (SSSR count). The lowest BCUT2D eigenvalue weighted by Crippen LogP contribution is -1.88. The second kappa shape index (κ2) is 11.5. The Kier molecular flexibility index (Phi) is 11.0. The van der Waals surface area contributed by atoms with Crippen LogP contribution in [0.15, 0.2) is 12.2 Å². The van der Waals surface area contributed by atoms with Crippen molar-refractivity contribution in [1.82, 2.24) is 0 Å². The standard InChI is InChI=1S/C14H26O/c1-3-4-5-6-7-8-9-10-11-12-13-14(2)15/h8-9H,3-7,10-13H2,1-2H3. The van der Waals surface area contributed by atoms with E-state index in [0.717, 1.165) is 25.7 Å². The minimum absolute atomic E-state index is 0.318. The summed E-state index contributed by atoms with van der Waals surface area (Å²) < 4.78 is 0. The summed E-state index contributed by atoms with van der Waals surface area (Å²) in [6.45, 7) is 3.91. The fraction of sp³-hybridized carbons (Fsp3) is 0.786. The molecule has 0 aliphatic heterocycles. The number of ketones is 1. The molecule has 0 saturated heterocycles. The average Bonchev–Trinajstić information content (AvgIpc) is 2.20. The maximum Gasteiger partial charge on any atom is 0.129 e. The zero-order chi connectivity index (χ0) is 11.4. The minimum atomic E-state index is 0.318. The maximum atomic E-state index is 10.7. The predicted molar refractivity (Wildman–Crippen MR) is 67.0 cm³/mol. The van der Waals surface area contributed by atoms with Crippen molar-refractivity contribution in [1.29, 1.82) is 0 Å². The van der Waals surface area contributed by atoms with Crippen LogP contribution in [0, 0.1) is 0 Å². The summed E-state index contributed by atoms with van der Waals surface area (Å²) in [6, 6.07) is 0. The topological polar surface area (TPSA) is 17.1 Å². The first-order valence-corrected chi connectivity index (χ1v) is 6.41. The van der Waals surface area contributed by atoms with E-state index in [9.17, 15) is 4.79 Å². The second-order valence-corrected chi connectivity index (χ2v) is 4.27. The molecule has 0 heterocycles. The SMILES string of the molecule is CCCCCCC=CCCCCC(C)=O. The molecule has 0 aromatic rings. The van der Waals surface area contributed by atoms with Gasteiger partial charge in [0.2, 0.25) is 0 Å². The Labute approximate surface area is 95.0 Å². The Hall–Kier alpha value is -0.590. The molecule has 1 heteroatoms. The van der Waals surface area contributed by atoms with Crippen LogP contribution in [0.5, 0.6) is 0 Å². The van der Waals surface area contributed by atoms with E-state index in [0.29, 0.717) is 5.78 Å². The van der Waals surface area contributed by atoms with E-state index in [-0.39, 0.29) is 0 Å². The lowest BCUT2D eigenvalue weighted by molar-refractivity contribution is -0.117. The largest absolute Gasteiger partial charge is 0.300 e. The summed E-state index contributed by atoms with van der Waals surface area (Å²) in [7, 11) is 0. The van der Waals surface area contributed by atoms with Gasteiger partial charge in [-0.2, -0.15) is 0 Å². The van der Waals surface area contributed by atoms with Gasteiger partial charge >= 0.3 is 0 Å². The van der Waals surface area contributed by atoms with Crippen molar-refractivity contribution in [3.8, 4) is 0 Å². The molecule has 0 aromatic heterocycles. The third-order valence-electron chi connectivity index (χ3n) is 2.54. The quantitative estimate of drug-likeness (QED) is 0.378. The molecule has 0 spiro atoms. The first-order chi connectivity index (χ1) is 7.27. The molecule has 15 heavy (non-hydrogen) atoms. The summed E-state index contributed by atoms with van der Waals surface area (Å²) in [6.07, 6.45) is 15.3. The van der Waals surface area contributed by atoms with Crippen LogP contribution in [0.3, 0.4) is 0 Å². The lowest BCUT2D eigenvalue weighted by atomic mass is 10.1. The van der Waals surface area contributed by atoms with Crippen molar-refractivity contribution >= 4 is 5.78 Å². The third kappa shape index (κ3) is 13.4. The third-order valence-corrected chi connectivity index (χ3v) is 2.54. The number of carbonyl (C=O) groups is 1. The van der Waals surface area contributed by atoms with Gasteiger partial charge in [0, 0.05) is 6.42 Å². The van der Waals surface area contributed by atoms with Crippen molar-refractivity contribution in [3.63, 3.8) is 0 Å². The Bertz CT molecular complexity index is 170. The van der Waals surface area contributed by atoms with E-state index in [1.54, 1.807) is 6.92 Å². The average molecular weight is 210 g/mol. The van der Waals surface area contributed by atoms with Gasteiger partial charge in [-0.15, -0.1) is 0 Å². The Morgan fingerprint density at radius 3 is 2.07 bits per heavy atom. The van der Waals surface area contributed by atoms with Crippen LogP contribution in [0.4, 0.5) is 0 Å². The minimum Gasteiger partial charge on any atom is -0.300 e. The van der Waals surface area contributed by atoms with Crippen LogP contribution in [-0.2, 0) is 4.79 Å². The molecule has 0 aromatic carbocycles. The van der Waals surface area contributed by atoms with E-state index < -0.39 is 0 Å². The van der Waals surface area contributed by atoms with E-state index in [4.69, 9.17) is 0 Å². The molecule has 88 valence electrons. The van der Waals surface area contributed by atoms with Crippen LogP contribution >= 0.6 is 0 Å². The highest BCUT2D eigenvalue weighted by Gasteiger charge is 1.91. The lowest BCUT2D eigenvalue weighted by Gasteiger charge is -1.95. The molecule has 0 unspecified atom stereocenters. The second-order valence-electron chi connectivity index (χ2n) is 4.27. The van der Waals surface area contributed by atoms with Crippen molar-refractivity contribution in [2.75, 3.05) is 0 Å². The van der Waals surface area contributed by atoms with Crippen molar-refractivity contribution < 1.29 is 4.79 Å². The highest BCUT2D eigenvalue weighted by Crippen LogP contribution is 2.05. The molecule has 0 aliphatic rings. The number of rotatable bonds is 10. The first kappa shape index (κ1) is 14.4. The molecular weight excluding hydrogens is 184 g/mol. The number of Topliss-reactive ketones (excluding diaryl/α,β-unsaturated/α-hetero) is 1. The van der Waals surface area contributed by atoms with Gasteiger partial charge in [-0.1, -0.05) is 38.3 Å². The fourth-order valence-corrected chi connectivity index (χ4v) is 1.56. The normalized spacial score (nSPS) is 11.1. The number of hydrogen-bond acceptors (Lipinski definition) is 1. The van der Waals surface area contributed by atoms with Crippen LogP contribution in [0.1, 0.15) is 71.6 Å². The Morgan fingerprint density at radius 1 is 0.933 bits per heavy atom. The monoisotopic (exact) mass is 210 g/mol. The van der Waals surface area contributed by atoms with E-state index in [1.165, 1.54) is 32.1 Å². The molecule has 0 saturated carbocycles. The van der Waals surface area contributed by atoms with Crippen LogP contribution in [0.2, 0.25) is 0 Å². The molecule has 0 bridgehead atoms. The van der Waals surface area contributed by atoms with Gasteiger partial charge in [0.05, 0.1) is 0 Å². The van der Waals surface area contributed by atoms with Crippen molar-refractivity contribution in [2.24, 2.45) is 0 Å². The molecule has 0 amide bonds. The smallest absolute Gasteiger partial charge is 0.129 e. The summed E-state index contributed by atoms with van der Waals surface area (Å²) >= 11 is 0. The van der Waals surface area contributed by atoms with E-state index >= 15 is 0 Å². The molecular formula is C14H26O. The zero-order valence-corrected chi connectivity index (χ0v) is 10.4. The highest BCUT2D eigenvalue weighted by molar-refractivity contribution is 5.75. The predicted octanol–water partition coefficient (Wildman–Crippen LogP) is 4.66. The van der Waals surface area contributed by atoms with E-state index in [1.807, 2.05) is 0 Å². The molecule has 0 aliphatic carbocycles. The van der Waals surface area contributed by atoms with E-state index in [2.05, 4.69) is 19.1 Å². The van der Waals surface area contributed by atoms with Crippen LogP contribution in [0.25, 0.3) is 0 Å². The molecule has 1 nitrogen and oxygen atoms in total. The van der Waals surface area contributed by atoms with Crippen LogP contribution < -0.4 is 0 Å². The number of hydrogen-bond donors (Lipinski definition) is 0. The van der Waals surface area contributed by atoms with Crippen molar-refractivity contribution in [2.45, 2.75) is 71.6 Å². The maximum absolute atomic E-state index is 10.7. The zero-order valence-electron chi connectivity index (χ0n) is 10.4. The number of allylic oxidation sites excluding steroid dienone is 2. The van der Waals surface area contributed by atoms with Gasteiger partial charge in [0.1, 0.15) is 5.78 Å². The van der Waals surface area contributed by atoms with Gasteiger partial charge < -0.3 is 4.79 Å². The summed E-state index contributed by atoms with van der Waals surface area (Å²) in [5.41, 5.74) is 0. The number of carbonyl (C=O) groups excluding carboxylic acids is 1. The molecule has 0 fully saturated rings. The number of unbranched alkanes of at least 4 members (excludes halogenated alkanes) is 6. The first-order valence-electron chi connectivity index (χ1n) is 6.41. The summed E-state index contributed by atoms with van der Waals surface area (Å²) in [5, 5.41) is 0. The van der Waals surface area contributed by atoms with Gasteiger partial charge in [-0.3, -0.25) is 0 Å². The molecule has 0 atom stereocenters. The summed E-state index contributed by atoms with van der Waals surface area (Å²) in [4.78, 5) is 10.7. The van der Waals surface area contributed by atoms with Gasteiger partial charge in [-0.25, -0.2) is 0 Å². The summed E-state index contributed by atoms with van der Waals surface area (Å²) in [5.74, 6) is 0.318.